The van der Waals surface area contributed by atoms with Gasteiger partial charge in [0.15, 0.2) is 0 Å². The van der Waals surface area contributed by atoms with Crippen LogP contribution in [0.1, 0.15) is 149 Å². The maximum absolute atomic E-state index is 7.13. The number of nitrogens with zero attached hydrogens (tertiary/aromatic N) is 1. The molecule has 0 bridgehead atoms. The molecule has 2 nitrogen and oxygen atoms in total. The number of benzene rings is 3. The molecule has 3 aromatic rings. The molecular formula is C43H64NOP. The molecule has 0 N–H and O–H groups in total. The van der Waals surface area contributed by atoms with Crippen LogP contribution in [-0.4, -0.2) is 11.8 Å². The lowest BCUT2D eigenvalue weighted by molar-refractivity contribution is 0.266. The summed E-state index contributed by atoms with van der Waals surface area (Å²) in [4.78, 5) is 4.92. The van der Waals surface area contributed by atoms with Crippen molar-refractivity contribution in [2.45, 2.75) is 150 Å². The van der Waals surface area contributed by atoms with Gasteiger partial charge < -0.3 is 4.74 Å². The van der Waals surface area contributed by atoms with Gasteiger partial charge in [0.05, 0.1) is 5.54 Å². The lowest BCUT2D eigenvalue weighted by Crippen LogP contribution is -2.31. The quantitative estimate of drug-likeness (QED) is 0.119. The molecule has 0 aromatic heterocycles. The fourth-order valence-electron chi connectivity index (χ4n) is 6.05. The third-order valence-corrected chi connectivity index (χ3v) is 11.5. The maximum atomic E-state index is 7.13. The largest absolute Gasteiger partial charge is 0.488 e. The van der Waals surface area contributed by atoms with Crippen LogP contribution in [0.15, 0.2) is 71.7 Å². The standard InChI is InChI=1S/C43H64NOP/c1-13-15-22-32(3)42(10,11)36-28-35(40(4,5)6)29-37(39(36)45-31-33-23-18-17-19-24-33)43(12,27-16-14-2)46-38-26-21-20-25-34(38)30-44-41(7,8)9/h17-21,23-26,28-30,32,46H,13-16,22,27,31H2,1-12H3. The van der Waals surface area contributed by atoms with Crippen LogP contribution in [0.4, 0.5) is 0 Å². The molecule has 0 saturated heterocycles. The van der Waals surface area contributed by atoms with Gasteiger partial charge in [-0.15, -0.1) is 0 Å². The van der Waals surface area contributed by atoms with Gasteiger partial charge in [-0.1, -0.05) is 163 Å². The molecule has 252 valence electrons. The highest BCUT2D eigenvalue weighted by molar-refractivity contribution is 7.48. The lowest BCUT2D eigenvalue weighted by atomic mass is 9.69. The van der Waals surface area contributed by atoms with Gasteiger partial charge >= 0.3 is 0 Å². The van der Waals surface area contributed by atoms with Crippen molar-refractivity contribution >= 4 is 20.1 Å². The summed E-state index contributed by atoms with van der Waals surface area (Å²) in [6.45, 7) is 28.6. The first-order valence-electron chi connectivity index (χ1n) is 17.8. The van der Waals surface area contributed by atoms with Crippen molar-refractivity contribution in [3.8, 4) is 5.75 Å². The van der Waals surface area contributed by atoms with E-state index in [0.29, 0.717) is 21.1 Å². The van der Waals surface area contributed by atoms with Crippen LogP contribution in [0.5, 0.6) is 5.75 Å². The summed E-state index contributed by atoms with van der Waals surface area (Å²) >= 11 is 0. The minimum atomic E-state index is -0.115. The molecule has 0 fully saturated rings. The zero-order valence-corrected chi connectivity index (χ0v) is 32.3. The average Bonchev–Trinajstić information content (AvgIpc) is 3.00. The Kier molecular flexibility index (Phi) is 13.3. The predicted molar refractivity (Wildman–Crippen MR) is 206 cm³/mol. The molecule has 0 aliphatic heterocycles. The predicted octanol–water partition coefficient (Wildman–Crippen LogP) is 12.3. The Bertz CT molecular complexity index is 1410. The molecule has 0 aliphatic carbocycles. The van der Waals surface area contributed by atoms with Crippen molar-refractivity contribution < 1.29 is 4.74 Å². The molecule has 0 radical (unpaired) electrons. The van der Waals surface area contributed by atoms with Crippen LogP contribution in [0.3, 0.4) is 0 Å². The first-order valence-corrected chi connectivity index (χ1v) is 18.8. The Morgan fingerprint density at radius 3 is 2.00 bits per heavy atom. The Morgan fingerprint density at radius 2 is 1.39 bits per heavy atom. The minimum Gasteiger partial charge on any atom is -0.488 e. The Hall–Kier alpha value is -2.44. The van der Waals surface area contributed by atoms with Gasteiger partial charge in [-0.25, -0.2) is 0 Å². The zero-order chi connectivity index (χ0) is 34.2. The van der Waals surface area contributed by atoms with Gasteiger partial charge in [0.25, 0.3) is 0 Å². The molecular weight excluding hydrogens is 577 g/mol. The highest BCUT2D eigenvalue weighted by atomic mass is 31.1. The second-order valence-electron chi connectivity index (χ2n) is 16.3. The summed E-state index contributed by atoms with van der Waals surface area (Å²) in [5.41, 5.74) is 6.41. The number of rotatable bonds is 15. The second-order valence-corrected chi connectivity index (χ2v) is 18.2. The summed E-state index contributed by atoms with van der Waals surface area (Å²) in [5.74, 6) is 1.63. The zero-order valence-electron chi connectivity index (χ0n) is 31.3. The third kappa shape index (κ3) is 10.3. The van der Waals surface area contributed by atoms with Gasteiger partial charge in [0.2, 0.25) is 0 Å². The summed E-state index contributed by atoms with van der Waals surface area (Å²) < 4.78 is 7.13. The van der Waals surface area contributed by atoms with Gasteiger partial charge in [-0.3, -0.25) is 4.99 Å². The summed E-state index contributed by atoms with van der Waals surface area (Å²) in [7, 11) is 0.578. The number of ether oxygens (including phenoxy) is 1. The van der Waals surface area contributed by atoms with Crippen LogP contribution in [0.2, 0.25) is 0 Å². The van der Waals surface area contributed by atoms with Crippen LogP contribution in [-0.2, 0) is 22.6 Å². The van der Waals surface area contributed by atoms with Gasteiger partial charge in [0, 0.05) is 22.5 Å². The van der Waals surface area contributed by atoms with E-state index in [0.717, 1.165) is 12.2 Å². The highest BCUT2D eigenvalue weighted by Crippen LogP contribution is 2.53. The molecule has 3 rings (SSSR count). The van der Waals surface area contributed by atoms with Gasteiger partial charge in [-0.05, 0) is 72.4 Å². The molecule has 3 heteroatoms. The Labute approximate surface area is 285 Å². The summed E-state index contributed by atoms with van der Waals surface area (Å²) in [6, 6.07) is 24.6. The number of unbranched alkanes of at least 4 members (excludes halogenated alkanes) is 2. The number of hydrogen-bond donors (Lipinski definition) is 0. The highest BCUT2D eigenvalue weighted by Gasteiger charge is 2.38. The van der Waals surface area contributed by atoms with E-state index in [4.69, 9.17) is 9.73 Å². The molecule has 3 atom stereocenters. The molecule has 3 unspecified atom stereocenters. The third-order valence-electron chi connectivity index (χ3n) is 9.68. The molecule has 0 heterocycles. The molecule has 0 aliphatic rings. The smallest absolute Gasteiger partial charge is 0.127 e. The molecule has 46 heavy (non-hydrogen) atoms. The van der Waals surface area contributed by atoms with Crippen LogP contribution in [0, 0.1) is 5.92 Å². The molecule has 0 amide bonds. The molecule has 3 aromatic carbocycles. The average molecular weight is 642 g/mol. The van der Waals surface area contributed by atoms with E-state index in [9.17, 15) is 0 Å². The monoisotopic (exact) mass is 641 g/mol. The van der Waals surface area contributed by atoms with Crippen molar-refractivity contribution in [3.05, 3.63) is 94.5 Å². The Balaban J connectivity index is 2.34. The van der Waals surface area contributed by atoms with E-state index in [1.165, 1.54) is 65.2 Å². The van der Waals surface area contributed by atoms with Crippen molar-refractivity contribution in [2.75, 3.05) is 0 Å². The van der Waals surface area contributed by atoms with Crippen LogP contribution >= 0.6 is 8.58 Å². The van der Waals surface area contributed by atoms with Gasteiger partial charge in [0.1, 0.15) is 12.4 Å². The van der Waals surface area contributed by atoms with Crippen molar-refractivity contribution in [3.63, 3.8) is 0 Å². The molecule has 0 saturated carbocycles. The fraction of sp³-hybridized carbons (Fsp3) is 0.558. The van der Waals surface area contributed by atoms with E-state index in [-0.39, 0.29) is 21.5 Å². The molecule has 0 spiro atoms. The van der Waals surface area contributed by atoms with Crippen molar-refractivity contribution in [1.29, 1.82) is 0 Å². The lowest BCUT2D eigenvalue weighted by Gasteiger charge is -2.40. The number of hydrogen-bond acceptors (Lipinski definition) is 2. The second kappa shape index (κ2) is 16.1. The van der Waals surface area contributed by atoms with E-state index >= 15 is 0 Å². The van der Waals surface area contributed by atoms with Crippen LogP contribution < -0.4 is 10.0 Å². The van der Waals surface area contributed by atoms with E-state index < -0.39 is 0 Å². The number of aliphatic imine (C=N–C) groups is 1. The van der Waals surface area contributed by atoms with Gasteiger partial charge in [-0.2, -0.15) is 0 Å². The van der Waals surface area contributed by atoms with E-state index in [1.54, 1.807) is 0 Å². The van der Waals surface area contributed by atoms with Crippen molar-refractivity contribution in [2.24, 2.45) is 10.9 Å². The maximum Gasteiger partial charge on any atom is 0.127 e. The summed E-state index contributed by atoms with van der Waals surface area (Å²) in [6.07, 6.45) is 9.23. The van der Waals surface area contributed by atoms with Crippen LogP contribution in [0.25, 0.3) is 0 Å². The van der Waals surface area contributed by atoms with E-state index in [2.05, 4.69) is 156 Å². The topological polar surface area (TPSA) is 21.6 Å². The first-order chi connectivity index (χ1) is 21.5. The van der Waals surface area contributed by atoms with Crippen molar-refractivity contribution in [1.82, 2.24) is 0 Å². The first kappa shape index (κ1) is 38.0. The SMILES string of the molecule is CCCCC(C)C(C)(C)c1cc(C(C)(C)C)cc(C(C)(CCCC)Pc2ccccc2C=NC(C)(C)C)c1OCc1ccccc1. The Morgan fingerprint density at radius 1 is 0.783 bits per heavy atom. The summed E-state index contributed by atoms with van der Waals surface area (Å²) in [5, 5.41) is 1.27. The normalized spacial score (nSPS) is 15.0. The minimum absolute atomic E-state index is 0.0102. The fourth-order valence-corrected chi connectivity index (χ4v) is 7.74. The van der Waals surface area contributed by atoms with E-state index in [1.807, 2.05) is 0 Å².